The fourth-order valence-corrected chi connectivity index (χ4v) is 1.45. The van der Waals surface area contributed by atoms with Gasteiger partial charge in [0.15, 0.2) is 6.61 Å². The summed E-state index contributed by atoms with van der Waals surface area (Å²) in [7, 11) is 0. The molecule has 1 N–H and O–H groups in total. The van der Waals surface area contributed by atoms with Crippen molar-refractivity contribution in [1.82, 2.24) is 9.98 Å². The van der Waals surface area contributed by atoms with Crippen molar-refractivity contribution in [3.8, 4) is 0 Å². The molecular weight excluding hydrogens is 258 g/mol. The van der Waals surface area contributed by atoms with E-state index >= 15 is 0 Å². The smallest absolute Gasteiger partial charge is 0.310 e. The number of nitrogens with zero attached hydrogens (tertiary/aromatic N) is 3. The number of carbonyl (C=O) groups is 2. The lowest BCUT2D eigenvalue weighted by Crippen LogP contribution is -2.55. The molecule has 1 saturated heterocycles. The lowest BCUT2D eigenvalue weighted by Gasteiger charge is -2.32. The van der Waals surface area contributed by atoms with Crippen molar-refractivity contribution in [2.45, 2.75) is 13.8 Å². The SMILES string of the molecule is CC(C)C(=O)OCCOn1on1N1CC(C(=O)O)C1. The van der Waals surface area contributed by atoms with Crippen LogP contribution in [0.2, 0.25) is 0 Å². The second-order valence-corrected chi connectivity index (χ2v) is 4.63. The first kappa shape index (κ1) is 13.4. The Kier molecular flexibility index (Phi) is 3.72. The van der Waals surface area contributed by atoms with Crippen LogP contribution in [0.25, 0.3) is 0 Å². The molecule has 0 atom stereocenters. The van der Waals surface area contributed by atoms with E-state index in [0.29, 0.717) is 13.1 Å². The molecule has 0 saturated carbocycles. The monoisotopic (exact) mass is 275 g/mol. The number of carbonyl (C=O) groups excluding carboxylic acids is 1. The molecule has 0 spiro atoms. The molecule has 1 aromatic heterocycles. The number of hydrogen-bond acceptors (Lipinski definition) is 6. The predicted octanol–water partition coefficient (Wildman–Crippen LogP) is -0.837. The fraction of sp³-hybridized carbons (Fsp3) is 0.800. The zero-order valence-electron chi connectivity index (χ0n) is 10.8. The Morgan fingerprint density at radius 2 is 2.05 bits per heavy atom. The molecule has 0 radical (unpaired) electrons. The Morgan fingerprint density at radius 3 is 2.63 bits per heavy atom. The Hall–Kier alpha value is -2.06. The first-order valence-electron chi connectivity index (χ1n) is 6.04. The molecule has 0 amide bonds. The Morgan fingerprint density at radius 1 is 1.37 bits per heavy atom. The van der Waals surface area contributed by atoms with Crippen molar-refractivity contribution >= 4 is 11.9 Å². The summed E-state index contributed by atoms with van der Waals surface area (Å²) in [6.07, 6.45) is 0. The van der Waals surface area contributed by atoms with Gasteiger partial charge in [-0.15, -0.1) is 0 Å². The van der Waals surface area contributed by atoms with Crippen molar-refractivity contribution in [1.29, 1.82) is 0 Å². The first-order chi connectivity index (χ1) is 8.99. The minimum Gasteiger partial charge on any atom is -0.481 e. The van der Waals surface area contributed by atoms with Gasteiger partial charge in [-0.3, -0.25) is 14.6 Å². The lowest BCUT2D eigenvalue weighted by atomic mass is 10.0. The summed E-state index contributed by atoms with van der Waals surface area (Å²) in [6, 6.07) is 0. The summed E-state index contributed by atoms with van der Waals surface area (Å²) in [5, 5.41) is 11.5. The number of aliphatic carboxylic acids is 1. The maximum Gasteiger partial charge on any atom is 0.310 e. The largest absolute Gasteiger partial charge is 0.481 e. The molecule has 108 valence electrons. The number of carboxylic acid groups (broad SMARTS) is 1. The van der Waals surface area contributed by atoms with Gasteiger partial charge in [-0.2, -0.15) is 4.63 Å². The van der Waals surface area contributed by atoms with Crippen LogP contribution in [0.15, 0.2) is 4.63 Å². The van der Waals surface area contributed by atoms with Gasteiger partial charge in [0, 0.05) is 4.96 Å². The third kappa shape index (κ3) is 3.24. The molecule has 1 aliphatic rings. The molecule has 0 aromatic carbocycles. The number of esters is 1. The van der Waals surface area contributed by atoms with E-state index < -0.39 is 5.97 Å². The van der Waals surface area contributed by atoms with E-state index in [0.717, 1.165) is 5.02 Å². The van der Waals surface area contributed by atoms with E-state index in [9.17, 15) is 9.59 Å². The van der Waals surface area contributed by atoms with Crippen LogP contribution >= 0.6 is 0 Å². The number of hydrogen-bond donors (Lipinski definition) is 1. The van der Waals surface area contributed by atoms with Gasteiger partial charge in [-0.05, 0) is 0 Å². The van der Waals surface area contributed by atoms with Crippen molar-refractivity contribution in [3.63, 3.8) is 0 Å². The van der Waals surface area contributed by atoms with Gasteiger partial charge in [-0.1, -0.05) is 13.8 Å². The van der Waals surface area contributed by atoms with Crippen LogP contribution in [0, 0.1) is 11.8 Å². The summed E-state index contributed by atoms with van der Waals surface area (Å²) in [5.41, 5.74) is 0. The molecule has 2 rings (SSSR count). The summed E-state index contributed by atoms with van der Waals surface area (Å²) in [6.45, 7) is 4.59. The van der Waals surface area contributed by atoms with Crippen molar-refractivity contribution in [2.75, 3.05) is 31.3 Å². The lowest BCUT2D eigenvalue weighted by molar-refractivity contribution is -0.149. The maximum absolute atomic E-state index is 11.1. The van der Waals surface area contributed by atoms with Gasteiger partial charge >= 0.3 is 11.9 Å². The highest BCUT2D eigenvalue weighted by Gasteiger charge is 2.38. The van der Waals surface area contributed by atoms with Gasteiger partial charge < -0.3 is 14.7 Å². The predicted molar refractivity (Wildman–Crippen MR) is 61.0 cm³/mol. The zero-order chi connectivity index (χ0) is 14.0. The molecule has 0 unspecified atom stereocenters. The van der Waals surface area contributed by atoms with Crippen LogP contribution in [-0.4, -0.2) is 53.3 Å². The molecule has 9 nitrogen and oxygen atoms in total. The summed E-state index contributed by atoms with van der Waals surface area (Å²) < 4.78 is 9.85. The first-order valence-corrected chi connectivity index (χ1v) is 6.04. The minimum atomic E-state index is -0.814. The maximum atomic E-state index is 11.1. The Labute approximate surface area is 109 Å². The van der Waals surface area contributed by atoms with Crippen molar-refractivity contribution < 1.29 is 28.9 Å². The van der Waals surface area contributed by atoms with Gasteiger partial charge in [0.2, 0.25) is 0 Å². The standard InChI is InChI=1S/C10H17N3O6/c1-7(2)10(16)17-3-4-18-13-12(19-13)11-5-8(6-11)9(14)15/h7-8H,3-6H2,1-2H3,(H,14,15). The molecular formula is C10H17N3O6. The highest BCUT2D eigenvalue weighted by atomic mass is 17.0. The van der Waals surface area contributed by atoms with Gasteiger partial charge in [0.25, 0.3) is 0 Å². The Balaban J connectivity index is 1.58. The molecule has 1 aromatic rings. The number of aromatic nitrogens is 2. The number of ether oxygens (including phenoxy) is 1. The van der Waals surface area contributed by atoms with Gasteiger partial charge in [-0.25, -0.2) is 0 Å². The molecule has 19 heavy (non-hydrogen) atoms. The molecule has 2 heterocycles. The van der Waals surface area contributed by atoms with Crippen LogP contribution in [0.3, 0.4) is 0 Å². The second kappa shape index (κ2) is 5.29. The van der Waals surface area contributed by atoms with Gasteiger partial charge in [0.05, 0.1) is 24.9 Å². The van der Waals surface area contributed by atoms with Crippen LogP contribution in [-0.2, 0) is 14.3 Å². The quantitative estimate of drug-likeness (QED) is 0.511. The van der Waals surface area contributed by atoms with E-state index in [1.807, 2.05) is 0 Å². The third-order valence-electron chi connectivity index (χ3n) is 2.71. The van der Waals surface area contributed by atoms with E-state index in [-0.39, 0.29) is 31.0 Å². The number of carboxylic acids is 1. The summed E-state index contributed by atoms with van der Waals surface area (Å²) >= 11 is 0. The van der Waals surface area contributed by atoms with Gasteiger partial charge in [0.1, 0.15) is 11.6 Å². The second-order valence-electron chi connectivity index (χ2n) is 4.63. The topological polar surface area (TPSA) is 99.1 Å². The van der Waals surface area contributed by atoms with Crippen LogP contribution in [0.1, 0.15) is 13.8 Å². The summed E-state index contributed by atoms with van der Waals surface area (Å²) in [5.74, 6) is -1.62. The third-order valence-corrected chi connectivity index (χ3v) is 2.71. The van der Waals surface area contributed by atoms with Crippen LogP contribution < -0.4 is 9.85 Å². The highest BCUT2D eigenvalue weighted by Crippen LogP contribution is 2.15. The van der Waals surface area contributed by atoms with Crippen molar-refractivity contribution in [2.24, 2.45) is 11.8 Å². The van der Waals surface area contributed by atoms with E-state index in [4.69, 9.17) is 19.3 Å². The Bertz CT molecular complexity index is 439. The van der Waals surface area contributed by atoms with E-state index in [1.54, 1.807) is 18.9 Å². The van der Waals surface area contributed by atoms with Crippen LogP contribution in [0.4, 0.5) is 0 Å². The average Bonchev–Trinajstić information content (AvgIpc) is 3.00. The molecule has 9 heteroatoms. The molecule has 1 fully saturated rings. The van der Waals surface area contributed by atoms with Crippen LogP contribution in [0.5, 0.6) is 0 Å². The molecule has 0 aliphatic carbocycles. The average molecular weight is 275 g/mol. The summed E-state index contributed by atoms with van der Waals surface area (Å²) in [4.78, 5) is 28.2. The van der Waals surface area contributed by atoms with E-state index in [2.05, 4.69) is 0 Å². The minimum absolute atomic E-state index is 0.141. The highest BCUT2D eigenvalue weighted by molar-refractivity contribution is 5.72. The zero-order valence-corrected chi connectivity index (χ0v) is 10.8. The molecule has 1 aliphatic heterocycles. The fourth-order valence-electron chi connectivity index (χ4n) is 1.45. The normalized spacial score (nSPS) is 15.6. The van der Waals surface area contributed by atoms with Crippen molar-refractivity contribution in [3.05, 3.63) is 0 Å². The van der Waals surface area contributed by atoms with E-state index in [1.165, 1.54) is 4.96 Å². The molecule has 0 bridgehead atoms. The number of rotatable bonds is 7.